The Balaban J connectivity index is 2.17. The lowest BCUT2D eigenvalue weighted by Gasteiger charge is -2.24. The second-order valence-corrected chi connectivity index (χ2v) is 6.13. The van der Waals surface area contributed by atoms with Crippen LogP contribution in [0.1, 0.15) is 38.4 Å². The third-order valence-corrected chi connectivity index (χ3v) is 3.88. The number of benzene rings is 1. The molecule has 0 bridgehead atoms. The second-order valence-electron chi connectivity index (χ2n) is 5.28. The maximum atomic E-state index is 10.3. The maximum Gasteiger partial charge on any atom is 0.0957 e. The summed E-state index contributed by atoms with van der Waals surface area (Å²) in [5, 5.41) is 14.9. The quantitative estimate of drug-likeness (QED) is 0.864. The van der Waals surface area contributed by atoms with Crippen LogP contribution < -0.4 is 5.32 Å². The van der Waals surface area contributed by atoms with Crippen LogP contribution in [0.2, 0.25) is 10.0 Å². The maximum absolute atomic E-state index is 10.3. The van der Waals surface area contributed by atoms with Gasteiger partial charge in [-0.3, -0.25) is 0 Å². The molecule has 0 saturated carbocycles. The van der Waals surface area contributed by atoms with E-state index in [1.165, 1.54) is 0 Å². The normalized spacial score (nSPS) is 24.9. The van der Waals surface area contributed by atoms with Crippen molar-refractivity contribution < 1.29 is 5.11 Å². The summed E-state index contributed by atoms with van der Waals surface area (Å²) < 4.78 is 0. The molecule has 0 aliphatic carbocycles. The molecule has 17 heavy (non-hydrogen) atoms. The highest BCUT2D eigenvalue weighted by atomic mass is 35.5. The highest BCUT2D eigenvalue weighted by Gasteiger charge is 2.35. The fourth-order valence-corrected chi connectivity index (χ4v) is 2.88. The van der Waals surface area contributed by atoms with Crippen molar-refractivity contribution in [2.24, 2.45) is 0 Å². The van der Waals surface area contributed by atoms with Crippen LogP contribution in [-0.4, -0.2) is 16.7 Å². The van der Waals surface area contributed by atoms with Gasteiger partial charge in [-0.15, -0.1) is 0 Å². The number of halogens is 2. The molecule has 1 saturated heterocycles. The molecule has 2 N–H and O–H groups in total. The minimum Gasteiger partial charge on any atom is -0.387 e. The zero-order valence-electron chi connectivity index (χ0n) is 10.0. The van der Waals surface area contributed by atoms with Crippen LogP contribution in [0.3, 0.4) is 0 Å². The average molecular weight is 274 g/mol. The van der Waals surface area contributed by atoms with Crippen LogP contribution in [0.25, 0.3) is 0 Å². The van der Waals surface area contributed by atoms with Gasteiger partial charge in [-0.2, -0.15) is 0 Å². The third-order valence-electron chi connectivity index (χ3n) is 3.32. The zero-order valence-corrected chi connectivity index (χ0v) is 11.5. The number of aliphatic hydroxyl groups excluding tert-OH is 1. The van der Waals surface area contributed by atoms with Crippen molar-refractivity contribution in [2.75, 3.05) is 0 Å². The minimum absolute atomic E-state index is 0.0590. The van der Waals surface area contributed by atoms with Gasteiger partial charge in [0.05, 0.1) is 6.10 Å². The van der Waals surface area contributed by atoms with E-state index in [2.05, 4.69) is 19.2 Å². The summed E-state index contributed by atoms with van der Waals surface area (Å²) in [6.07, 6.45) is 1.43. The van der Waals surface area contributed by atoms with Gasteiger partial charge in [0.1, 0.15) is 0 Å². The number of hydrogen-bond donors (Lipinski definition) is 2. The fraction of sp³-hybridized carbons (Fsp3) is 0.538. The second kappa shape index (κ2) is 4.77. The van der Waals surface area contributed by atoms with E-state index in [-0.39, 0.29) is 11.6 Å². The van der Waals surface area contributed by atoms with Crippen molar-refractivity contribution in [3.63, 3.8) is 0 Å². The van der Waals surface area contributed by atoms with Crippen LogP contribution in [0.15, 0.2) is 18.2 Å². The molecule has 94 valence electrons. The van der Waals surface area contributed by atoms with E-state index in [4.69, 9.17) is 23.2 Å². The largest absolute Gasteiger partial charge is 0.387 e. The molecular formula is C13H17Cl2NO. The first-order valence-electron chi connectivity index (χ1n) is 5.80. The molecule has 4 heteroatoms. The number of nitrogens with one attached hydrogen (secondary N) is 1. The van der Waals surface area contributed by atoms with Gasteiger partial charge in [0.2, 0.25) is 0 Å². The Kier molecular flexibility index (Phi) is 3.69. The molecule has 2 nitrogen and oxygen atoms in total. The summed E-state index contributed by atoms with van der Waals surface area (Å²) in [6, 6.07) is 5.28. The Morgan fingerprint density at radius 3 is 2.65 bits per heavy atom. The van der Waals surface area contributed by atoms with E-state index in [9.17, 15) is 5.11 Å². The molecule has 1 fully saturated rings. The average Bonchev–Trinajstić information content (AvgIpc) is 2.58. The lowest BCUT2D eigenvalue weighted by Crippen LogP contribution is -2.40. The third kappa shape index (κ3) is 2.94. The summed E-state index contributed by atoms with van der Waals surface area (Å²) in [6.45, 7) is 4.28. The van der Waals surface area contributed by atoms with E-state index in [0.717, 1.165) is 18.4 Å². The molecule has 1 heterocycles. The number of hydrogen-bond acceptors (Lipinski definition) is 2. The standard InChI is InChI=1S/C13H17Cl2NO/c1-13(2)6-5-11(16-13)12(17)9-4-3-8(14)7-10(9)15/h3-4,7,11-12,16-17H,5-6H2,1-2H3. The van der Waals surface area contributed by atoms with Gasteiger partial charge in [0, 0.05) is 27.2 Å². The van der Waals surface area contributed by atoms with Gasteiger partial charge in [0.25, 0.3) is 0 Å². The monoisotopic (exact) mass is 273 g/mol. The van der Waals surface area contributed by atoms with Crippen molar-refractivity contribution in [1.29, 1.82) is 0 Å². The Morgan fingerprint density at radius 1 is 1.41 bits per heavy atom. The molecule has 0 radical (unpaired) electrons. The van der Waals surface area contributed by atoms with Crippen molar-refractivity contribution in [3.05, 3.63) is 33.8 Å². The predicted octanol–water partition coefficient (Wildman–Crippen LogP) is 3.56. The highest BCUT2D eigenvalue weighted by Crippen LogP contribution is 2.34. The first kappa shape index (κ1) is 13.2. The van der Waals surface area contributed by atoms with Crippen molar-refractivity contribution >= 4 is 23.2 Å². The van der Waals surface area contributed by atoms with Gasteiger partial charge >= 0.3 is 0 Å². The van der Waals surface area contributed by atoms with Crippen LogP contribution in [0, 0.1) is 0 Å². The Bertz CT molecular complexity index is 420. The summed E-state index contributed by atoms with van der Waals surface area (Å²) in [5.74, 6) is 0. The van der Waals surface area contributed by atoms with Gasteiger partial charge in [0.15, 0.2) is 0 Å². The molecule has 1 aromatic carbocycles. The topological polar surface area (TPSA) is 32.3 Å². The van der Waals surface area contributed by atoms with Gasteiger partial charge in [-0.1, -0.05) is 29.3 Å². The summed E-state index contributed by atoms with van der Waals surface area (Å²) in [4.78, 5) is 0. The smallest absolute Gasteiger partial charge is 0.0957 e. The molecule has 1 aliphatic rings. The van der Waals surface area contributed by atoms with E-state index in [1.807, 2.05) is 0 Å². The summed E-state index contributed by atoms with van der Waals surface area (Å²) in [7, 11) is 0. The predicted molar refractivity (Wildman–Crippen MR) is 71.7 cm³/mol. The Hall–Kier alpha value is -0.280. The van der Waals surface area contributed by atoms with E-state index in [1.54, 1.807) is 18.2 Å². The van der Waals surface area contributed by atoms with Crippen LogP contribution >= 0.6 is 23.2 Å². The van der Waals surface area contributed by atoms with Gasteiger partial charge in [-0.05, 0) is 38.8 Å². The molecule has 0 aromatic heterocycles. The fourth-order valence-electron chi connectivity index (χ4n) is 2.36. The molecule has 2 rings (SSSR count). The lowest BCUT2D eigenvalue weighted by atomic mass is 10.00. The molecule has 0 spiro atoms. The van der Waals surface area contributed by atoms with Crippen LogP contribution in [-0.2, 0) is 0 Å². The van der Waals surface area contributed by atoms with Gasteiger partial charge in [-0.25, -0.2) is 0 Å². The molecule has 1 aliphatic heterocycles. The first-order chi connectivity index (χ1) is 7.89. The van der Waals surface area contributed by atoms with Crippen molar-refractivity contribution in [3.8, 4) is 0 Å². The van der Waals surface area contributed by atoms with Crippen molar-refractivity contribution in [1.82, 2.24) is 5.32 Å². The molecule has 1 aromatic rings. The molecular weight excluding hydrogens is 257 g/mol. The Morgan fingerprint density at radius 2 is 2.12 bits per heavy atom. The van der Waals surface area contributed by atoms with E-state index >= 15 is 0 Å². The summed E-state index contributed by atoms with van der Waals surface area (Å²) in [5.41, 5.74) is 0.830. The molecule has 2 atom stereocenters. The first-order valence-corrected chi connectivity index (χ1v) is 6.55. The summed E-state index contributed by atoms with van der Waals surface area (Å²) >= 11 is 11.9. The van der Waals surface area contributed by atoms with E-state index in [0.29, 0.717) is 10.0 Å². The van der Waals surface area contributed by atoms with Gasteiger partial charge < -0.3 is 10.4 Å². The van der Waals surface area contributed by atoms with E-state index < -0.39 is 6.10 Å². The van der Waals surface area contributed by atoms with Crippen molar-refractivity contribution in [2.45, 2.75) is 44.4 Å². The highest BCUT2D eigenvalue weighted by molar-refractivity contribution is 6.35. The molecule has 0 amide bonds. The Labute approximate surface area is 112 Å². The lowest BCUT2D eigenvalue weighted by molar-refractivity contribution is 0.132. The SMILES string of the molecule is CC1(C)CCC(C(O)c2ccc(Cl)cc2Cl)N1. The minimum atomic E-state index is -0.582. The number of aliphatic hydroxyl groups is 1. The van der Waals surface area contributed by atoms with Crippen LogP contribution in [0.5, 0.6) is 0 Å². The molecule has 2 unspecified atom stereocenters. The zero-order chi connectivity index (χ0) is 12.6. The van der Waals surface area contributed by atoms with Crippen LogP contribution in [0.4, 0.5) is 0 Å². The number of rotatable bonds is 2.